The molecule has 4 nitrogen and oxygen atoms in total. The number of hydrogen-bond acceptors (Lipinski definition) is 2. The number of nitrogens with zero attached hydrogens (tertiary/aromatic N) is 1. The molecule has 1 aromatic carbocycles. The Morgan fingerprint density at radius 3 is 2.56 bits per heavy atom. The predicted molar refractivity (Wildman–Crippen MR) is 73.0 cm³/mol. The van der Waals surface area contributed by atoms with Crippen LogP contribution in [-0.4, -0.2) is 38.1 Å². The van der Waals surface area contributed by atoms with E-state index >= 15 is 0 Å². The molecule has 0 aliphatic carbocycles. The molecule has 0 fully saturated rings. The van der Waals surface area contributed by atoms with E-state index in [-0.39, 0.29) is 6.03 Å². The van der Waals surface area contributed by atoms with Crippen molar-refractivity contribution in [2.75, 3.05) is 27.2 Å². The Morgan fingerprint density at radius 2 is 1.89 bits per heavy atom. The van der Waals surface area contributed by atoms with Gasteiger partial charge in [0.05, 0.1) is 13.1 Å². The number of benzene rings is 1. The zero-order valence-electron chi connectivity index (χ0n) is 10.9. The first kappa shape index (κ1) is 14.1. The minimum Gasteiger partial charge on any atom is -0.334 e. The quantitative estimate of drug-likeness (QED) is 0.779. The van der Waals surface area contributed by atoms with Crippen molar-refractivity contribution in [3.8, 4) is 11.8 Å². The summed E-state index contributed by atoms with van der Waals surface area (Å²) in [6, 6.07) is 9.58. The Bertz CT molecular complexity index is 418. The highest BCUT2D eigenvalue weighted by Gasteiger charge is 1.97. The Labute approximate surface area is 108 Å². The molecule has 0 aromatic heterocycles. The molecule has 0 bridgehead atoms. The smallest absolute Gasteiger partial charge is 0.315 e. The van der Waals surface area contributed by atoms with Crippen LogP contribution in [0.3, 0.4) is 0 Å². The number of rotatable bonds is 4. The Balaban J connectivity index is 2.16. The van der Waals surface area contributed by atoms with E-state index in [2.05, 4.69) is 22.5 Å². The molecule has 2 amide bonds. The summed E-state index contributed by atoms with van der Waals surface area (Å²) in [6.45, 7) is 1.60. The fourth-order valence-electron chi connectivity index (χ4n) is 1.24. The number of amides is 2. The van der Waals surface area contributed by atoms with Crippen molar-refractivity contribution < 1.29 is 4.79 Å². The van der Waals surface area contributed by atoms with Crippen LogP contribution in [-0.2, 0) is 6.54 Å². The van der Waals surface area contributed by atoms with Crippen LogP contribution in [0.15, 0.2) is 30.3 Å². The van der Waals surface area contributed by atoms with Crippen LogP contribution in [0.2, 0.25) is 0 Å². The highest BCUT2D eigenvalue weighted by atomic mass is 16.2. The van der Waals surface area contributed by atoms with Crippen molar-refractivity contribution in [1.82, 2.24) is 15.5 Å². The second kappa shape index (κ2) is 8.15. The lowest BCUT2D eigenvalue weighted by Gasteiger charge is -2.05. The topological polar surface area (TPSA) is 44.4 Å². The summed E-state index contributed by atoms with van der Waals surface area (Å²) in [6.07, 6.45) is 0. The Morgan fingerprint density at radius 1 is 1.17 bits per heavy atom. The van der Waals surface area contributed by atoms with Gasteiger partial charge in [-0.2, -0.15) is 0 Å². The van der Waals surface area contributed by atoms with Gasteiger partial charge in [0.1, 0.15) is 0 Å². The van der Waals surface area contributed by atoms with Crippen molar-refractivity contribution in [3.05, 3.63) is 35.9 Å². The summed E-state index contributed by atoms with van der Waals surface area (Å²) in [5.74, 6) is 5.83. The number of carbonyl (C=O) groups excluding carboxylic acids is 1. The third-order valence-electron chi connectivity index (χ3n) is 2.15. The summed E-state index contributed by atoms with van der Waals surface area (Å²) in [4.78, 5) is 13.4. The maximum absolute atomic E-state index is 11.4. The largest absolute Gasteiger partial charge is 0.334 e. The highest BCUT2D eigenvalue weighted by molar-refractivity contribution is 5.74. The second-order valence-corrected chi connectivity index (χ2v) is 4.11. The summed E-state index contributed by atoms with van der Waals surface area (Å²) < 4.78 is 0. The van der Waals surface area contributed by atoms with E-state index in [1.54, 1.807) is 0 Å². The molecular formula is C14H19N3O. The molecule has 0 spiro atoms. The third-order valence-corrected chi connectivity index (χ3v) is 2.15. The average molecular weight is 245 g/mol. The summed E-state index contributed by atoms with van der Waals surface area (Å²) in [7, 11) is 3.91. The van der Waals surface area contributed by atoms with E-state index in [4.69, 9.17) is 0 Å². The van der Waals surface area contributed by atoms with Crippen molar-refractivity contribution in [2.24, 2.45) is 0 Å². The van der Waals surface area contributed by atoms with E-state index in [1.807, 2.05) is 49.3 Å². The van der Waals surface area contributed by atoms with Gasteiger partial charge in [0.15, 0.2) is 0 Å². The predicted octanol–water partition coefficient (Wildman–Crippen LogP) is 1.05. The number of nitrogens with one attached hydrogen (secondary N) is 2. The minimum absolute atomic E-state index is 0.196. The van der Waals surface area contributed by atoms with Crippen LogP contribution < -0.4 is 10.6 Å². The molecule has 0 atom stereocenters. The maximum Gasteiger partial charge on any atom is 0.315 e. The lowest BCUT2D eigenvalue weighted by molar-refractivity contribution is 0.241. The SMILES string of the molecule is CN(C)CC#CCNC(=O)NCc1ccccc1. The van der Waals surface area contributed by atoms with Gasteiger partial charge >= 0.3 is 6.03 Å². The molecule has 1 rings (SSSR count). The summed E-state index contributed by atoms with van der Waals surface area (Å²) >= 11 is 0. The first-order chi connectivity index (χ1) is 8.68. The minimum atomic E-state index is -0.196. The second-order valence-electron chi connectivity index (χ2n) is 4.11. The van der Waals surface area contributed by atoms with Gasteiger partial charge < -0.3 is 10.6 Å². The van der Waals surface area contributed by atoms with Gasteiger partial charge in [0.25, 0.3) is 0 Å². The number of urea groups is 1. The van der Waals surface area contributed by atoms with E-state index < -0.39 is 0 Å². The van der Waals surface area contributed by atoms with Crippen LogP contribution >= 0.6 is 0 Å². The van der Waals surface area contributed by atoms with E-state index in [9.17, 15) is 4.79 Å². The molecule has 4 heteroatoms. The zero-order chi connectivity index (χ0) is 13.2. The zero-order valence-corrected chi connectivity index (χ0v) is 10.9. The van der Waals surface area contributed by atoms with Crippen LogP contribution in [0.25, 0.3) is 0 Å². The Kier molecular flexibility index (Phi) is 6.37. The molecule has 18 heavy (non-hydrogen) atoms. The van der Waals surface area contributed by atoms with E-state index in [1.165, 1.54) is 0 Å². The van der Waals surface area contributed by atoms with Gasteiger partial charge in [-0.15, -0.1) is 0 Å². The molecular weight excluding hydrogens is 226 g/mol. The van der Waals surface area contributed by atoms with Crippen molar-refractivity contribution >= 4 is 6.03 Å². The molecule has 0 unspecified atom stereocenters. The van der Waals surface area contributed by atoms with Crippen LogP contribution in [0.5, 0.6) is 0 Å². The standard InChI is InChI=1S/C14H19N3O/c1-17(2)11-7-6-10-15-14(18)16-12-13-8-4-3-5-9-13/h3-5,8-9H,10-12H2,1-2H3,(H2,15,16,18). The van der Waals surface area contributed by atoms with E-state index in [0.717, 1.165) is 5.56 Å². The molecule has 1 aromatic rings. The molecule has 0 heterocycles. The molecule has 96 valence electrons. The number of hydrogen-bond donors (Lipinski definition) is 2. The Hall–Kier alpha value is -1.99. The van der Waals surface area contributed by atoms with Crippen molar-refractivity contribution in [1.29, 1.82) is 0 Å². The molecule has 0 aliphatic rings. The average Bonchev–Trinajstić information content (AvgIpc) is 2.37. The first-order valence-corrected chi connectivity index (χ1v) is 5.84. The normalized spacial score (nSPS) is 9.50. The number of carbonyl (C=O) groups is 1. The maximum atomic E-state index is 11.4. The molecule has 0 saturated heterocycles. The molecule has 2 N–H and O–H groups in total. The van der Waals surface area contributed by atoms with Gasteiger partial charge in [-0.3, -0.25) is 4.90 Å². The van der Waals surface area contributed by atoms with Gasteiger partial charge in [-0.25, -0.2) is 4.79 Å². The first-order valence-electron chi connectivity index (χ1n) is 5.84. The molecule has 0 aliphatic heterocycles. The summed E-state index contributed by atoms with van der Waals surface area (Å²) in [5.41, 5.74) is 1.08. The van der Waals surface area contributed by atoms with Gasteiger partial charge in [0.2, 0.25) is 0 Å². The van der Waals surface area contributed by atoms with Crippen molar-refractivity contribution in [2.45, 2.75) is 6.54 Å². The van der Waals surface area contributed by atoms with Crippen LogP contribution in [0.4, 0.5) is 4.79 Å². The van der Waals surface area contributed by atoms with Crippen LogP contribution in [0.1, 0.15) is 5.56 Å². The van der Waals surface area contributed by atoms with E-state index in [0.29, 0.717) is 19.6 Å². The summed E-state index contributed by atoms with van der Waals surface area (Å²) in [5, 5.41) is 5.45. The molecule has 0 radical (unpaired) electrons. The monoisotopic (exact) mass is 245 g/mol. The molecule has 0 saturated carbocycles. The van der Waals surface area contributed by atoms with Crippen LogP contribution in [0, 0.1) is 11.8 Å². The van der Waals surface area contributed by atoms with Crippen molar-refractivity contribution in [3.63, 3.8) is 0 Å². The van der Waals surface area contributed by atoms with Gasteiger partial charge in [-0.1, -0.05) is 42.2 Å². The fourth-order valence-corrected chi connectivity index (χ4v) is 1.24. The highest BCUT2D eigenvalue weighted by Crippen LogP contribution is 1.96. The van der Waals surface area contributed by atoms with Gasteiger partial charge in [-0.05, 0) is 19.7 Å². The fraction of sp³-hybridized carbons (Fsp3) is 0.357. The third kappa shape index (κ3) is 6.56. The lowest BCUT2D eigenvalue weighted by Crippen LogP contribution is -2.35. The lowest BCUT2D eigenvalue weighted by atomic mass is 10.2. The van der Waals surface area contributed by atoms with Gasteiger partial charge in [0, 0.05) is 6.54 Å².